The Morgan fingerprint density at radius 2 is 1.78 bits per heavy atom. The molecule has 1 aromatic heterocycles. The molecule has 5 rings (SSSR count). The van der Waals surface area contributed by atoms with Crippen LogP contribution in [0.4, 0.5) is 0 Å². The maximum Gasteiger partial charge on any atom is 0.115 e. The van der Waals surface area contributed by atoms with E-state index in [1.165, 1.54) is 30.4 Å². The van der Waals surface area contributed by atoms with Gasteiger partial charge < -0.3 is 5.11 Å². The summed E-state index contributed by atoms with van der Waals surface area (Å²) in [5.74, 6) is 2.82. The van der Waals surface area contributed by atoms with Crippen LogP contribution in [-0.4, -0.2) is 21.2 Å². The van der Waals surface area contributed by atoms with Crippen LogP contribution < -0.4 is 0 Å². The molecule has 144 valence electrons. The van der Waals surface area contributed by atoms with E-state index in [0.717, 1.165) is 31.1 Å². The fourth-order valence-electron chi connectivity index (χ4n) is 7.46. The standard InChI is InChI=1S/C24H32N2O/c1-15-10-17-11-18(27)6-8-23(17,2)21-7-9-24(3)19(4-5-20(24)22(15)21)16-12-25-14-26-13-16/h4,10,12-15,18,20-22,27H,5-9,11H2,1-3H3/t15?,18?,20-,21-,22-,23-,24+/m0/s1. The van der Waals surface area contributed by atoms with Crippen LogP contribution >= 0.6 is 0 Å². The van der Waals surface area contributed by atoms with Gasteiger partial charge in [-0.05, 0) is 78.6 Å². The van der Waals surface area contributed by atoms with E-state index in [-0.39, 0.29) is 11.5 Å². The quantitative estimate of drug-likeness (QED) is 0.710. The lowest BCUT2D eigenvalue weighted by Gasteiger charge is -2.59. The largest absolute Gasteiger partial charge is 0.393 e. The molecule has 0 amide bonds. The van der Waals surface area contributed by atoms with Crippen LogP contribution in [0, 0.1) is 34.5 Å². The molecule has 0 spiro atoms. The third-order valence-corrected chi connectivity index (χ3v) is 8.86. The first-order valence-corrected chi connectivity index (χ1v) is 10.8. The van der Waals surface area contributed by atoms with Crippen molar-refractivity contribution >= 4 is 5.57 Å². The summed E-state index contributed by atoms with van der Waals surface area (Å²) in [6.07, 6.45) is 17.3. The highest BCUT2D eigenvalue weighted by molar-refractivity contribution is 5.72. The molecule has 1 N–H and O–H groups in total. The summed E-state index contributed by atoms with van der Waals surface area (Å²) in [6, 6.07) is 0. The molecule has 3 heteroatoms. The number of aliphatic hydroxyl groups excluding tert-OH is 1. The van der Waals surface area contributed by atoms with Gasteiger partial charge in [-0.25, -0.2) is 9.97 Å². The zero-order valence-corrected chi connectivity index (χ0v) is 16.9. The average Bonchev–Trinajstić information content (AvgIpc) is 3.01. The molecule has 0 saturated heterocycles. The number of allylic oxidation sites excluding steroid dienone is 3. The van der Waals surface area contributed by atoms with Crippen molar-refractivity contribution in [1.82, 2.24) is 9.97 Å². The molecule has 3 nitrogen and oxygen atoms in total. The third kappa shape index (κ3) is 2.43. The Bertz CT molecular complexity index is 800. The second-order valence-corrected chi connectivity index (χ2v) is 10.1. The summed E-state index contributed by atoms with van der Waals surface area (Å²) in [4.78, 5) is 8.56. The van der Waals surface area contributed by atoms with Gasteiger partial charge in [-0.1, -0.05) is 38.5 Å². The zero-order chi connectivity index (χ0) is 18.8. The number of hydrogen-bond acceptors (Lipinski definition) is 3. The summed E-state index contributed by atoms with van der Waals surface area (Å²) in [6.45, 7) is 7.43. The van der Waals surface area contributed by atoms with Crippen molar-refractivity contribution in [3.63, 3.8) is 0 Å². The van der Waals surface area contributed by atoms with Gasteiger partial charge in [0.25, 0.3) is 0 Å². The van der Waals surface area contributed by atoms with Crippen molar-refractivity contribution in [2.75, 3.05) is 0 Å². The van der Waals surface area contributed by atoms with Gasteiger partial charge in [0.15, 0.2) is 0 Å². The van der Waals surface area contributed by atoms with E-state index in [0.29, 0.717) is 17.3 Å². The molecule has 0 radical (unpaired) electrons. The van der Waals surface area contributed by atoms with E-state index < -0.39 is 0 Å². The fourth-order valence-corrected chi connectivity index (χ4v) is 7.46. The average molecular weight is 365 g/mol. The fraction of sp³-hybridized carbons (Fsp3) is 0.667. The monoisotopic (exact) mass is 364 g/mol. The van der Waals surface area contributed by atoms with Gasteiger partial charge in [-0.3, -0.25) is 0 Å². The van der Waals surface area contributed by atoms with Crippen LogP contribution in [0.1, 0.15) is 64.9 Å². The van der Waals surface area contributed by atoms with E-state index in [1.807, 2.05) is 12.4 Å². The topological polar surface area (TPSA) is 46.0 Å². The van der Waals surface area contributed by atoms with E-state index in [2.05, 4.69) is 42.9 Å². The Kier molecular flexibility index (Phi) is 3.92. The Labute approximate surface area is 163 Å². The maximum absolute atomic E-state index is 10.2. The Hall–Kier alpha value is -1.48. The van der Waals surface area contributed by atoms with Gasteiger partial charge in [-0.15, -0.1) is 0 Å². The molecule has 2 saturated carbocycles. The van der Waals surface area contributed by atoms with Gasteiger partial charge in [0.1, 0.15) is 6.33 Å². The highest BCUT2D eigenvalue weighted by atomic mass is 16.3. The molecule has 7 atom stereocenters. The minimum absolute atomic E-state index is 0.125. The summed E-state index contributed by atoms with van der Waals surface area (Å²) in [5.41, 5.74) is 4.80. The van der Waals surface area contributed by atoms with Gasteiger partial charge >= 0.3 is 0 Å². The molecule has 0 aliphatic heterocycles. The molecule has 1 aromatic rings. The minimum Gasteiger partial charge on any atom is -0.393 e. The zero-order valence-electron chi connectivity index (χ0n) is 16.9. The Balaban J connectivity index is 1.52. The predicted octanol–water partition coefficient (Wildman–Crippen LogP) is 5.04. The second kappa shape index (κ2) is 6.01. The van der Waals surface area contributed by atoms with E-state index >= 15 is 0 Å². The summed E-state index contributed by atoms with van der Waals surface area (Å²) in [5, 5.41) is 10.2. The molecule has 2 unspecified atom stereocenters. The number of aromatic nitrogens is 2. The summed E-state index contributed by atoms with van der Waals surface area (Å²) < 4.78 is 0. The molecule has 2 fully saturated rings. The van der Waals surface area contributed by atoms with Crippen molar-refractivity contribution in [3.05, 3.63) is 42.0 Å². The minimum atomic E-state index is -0.125. The highest BCUT2D eigenvalue weighted by Crippen LogP contribution is 2.67. The SMILES string of the molecule is CC1C=C2CC(O)CC[C@]2(C)[C@H]2CC[C@]3(C)C(c4cncnc4)=CC[C@H]3[C@H]12. The van der Waals surface area contributed by atoms with Crippen LogP contribution in [0.5, 0.6) is 0 Å². The first-order valence-electron chi connectivity index (χ1n) is 10.8. The first-order chi connectivity index (χ1) is 12.9. The lowest BCUT2D eigenvalue weighted by molar-refractivity contribution is -0.0425. The van der Waals surface area contributed by atoms with E-state index in [1.54, 1.807) is 11.9 Å². The van der Waals surface area contributed by atoms with Crippen molar-refractivity contribution in [3.8, 4) is 0 Å². The van der Waals surface area contributed by atoms with Crippen molar-refractivity contribution in [1.29, 1.82) is 0 Å². The molecular formula is C24H32N2O. The molecule has 0 aromatic carbocycles. The van der Waals surface area contributed by atoms with E-state index in [4.69, 9.17) is 0 Å². The van der Waals surface area contributed by atoms with Crippen LogP contribution in [0.2, 0.25) is 0 Å². The number of nitrogens with zero attached hydrogens (tertiary/aromatic N) is 2. The summed E-state index contributed by atoms with van der Waals surface area (Å²) in [7, 11) is 0. The second-order valence-electron chi connectivity index (χ2n) is 10.1. The number of rotatable bonds is 1. The van der Waals surface area contributed by atoms with Crippen LogP contribution in [0.15, 0.2) is 36.4 Å². The van der Waals surface area contributed by atoms with E-state index in [9.17, 15) is 5.11 Å². The molecule has 27 heavy (non-hydrogen) atoms. The van der Waals surface area contributed by atoms with Gasteiger partial charge in [0, 0.05) is 18.0 Å². The smallest absolute Gasteiger partial charge is 0.115 e. The van der Waals surface area contributed by atoms with Gasteiger partial charge in [0.2, 0.25) is 0 Å². The predicted molar refractivity (Wildman–Crippen MR) is 108 cm³/mol. The van der Waals surface area contributed by atoms with Gasteiger partial charge in [-0.2, -0.15) is 0 Å². The Morgan fingerprint density at radius 1 is 1.04 bits per heavy atom. The molecule has 4 aliphatic carbocycles. The third-order valence-electron chi connectivity index (χ3n) is 8.86. The van der Waals surface area contributed by atoms with Crippen molar-refractivity contribution < 1.29 is 5.11 Å². The number of aliphatic hydroxyl groups is 1. The van der Waals surface area contributed by atoms with Crippen LogP contribution in [-0.2, 0) is 0 Å². The van der Waals surface area contributed by atoms with Gasteiger partial charge in [0.05, 0.1) is 6.10 Å². The van der Waals surface area contributed by atoms with Crippen molar-refractivity contribution in [2.45, 2.75) is 65.4 Å². The van der Waals surface area contributed by atoms with Crippen molar-refractivity contribution in [2.24, 2.45) is 34.5 Å². The highest BCUT2D eigenvalue weighted by Gasteiger charge is 2.58. The molecule has 4 aliphatic rings. The normalized spacial score (nSPS) is 46.0. The van der Waals surface area contributed by atoms with Crippen LogP contribution in [0.3, 0.4) is 0 Å². The lowest BCUT2D eigenvalue weighted by Crippen LogP contribution is -2.52. The number of fused-ring (bicyclic) bond motifs is 5. The first kappa shape index (κ1) is 17.6. The lowest BCUT2D eigenvalue weighted by atomic mass is 9.45. The number of hydrogen-bond donors (Lipinski definition) is 1. The molecular weight excluding hydrogens is 332 g/mol. The van der Waals surface area contributed by atoms with Crippen LogP contribution in [0.25, 0.3) is 5.57 Å². The molecule has 1 heterocycles. The molecule has 0 bridgehead atoms. The summed E-state index contributed by atoms with van der Waals surface area (Å²) >= 11 is 0. The Morgan fingerprint density at radius 3 is 2.56 bits per heavy atom. The maximum atomic E-state index is 10.2.